The standard InChI is InChI=1S/C22H32N6OS/c1-5-27-10-12-28(13-11-27)20-8-6-18(14-23-20)15-24-21(29)9-7-19-16(2)25-22(30-4)26-17(19)3/h6,8,14H,5,7,9-13,15H2,1-4H3,(H,24,29). The maximum absolute atomic E-state index is 12.3. The Kier molecular flexibility index (Phi) is 8.04. The highest BCUT2D eigenvalue weighted by atomic mass is 32.2. The summed E-state index contributed by atoms with van der Waals surface area (Å²) in [6.45, 7) is 12.0. The Balaban J connectivity index is 1.46. The van der Waals surface area contributed by atoms with Gasteiger partial charge in [0.2, 0.25) is 5.91 Å². The molecule has 8 heteroatoms. The molecule has 1 saturated heterocycles. The van der Waals surface area contributed by atoms with Gasteiger partial charge in [0.05, 0.1) is 0 Å². The number of carbonyl (C=O) groups excluding carboxylic acids is 1. The number of pyridine rings is 1. The Morgan fingerprint density at radius 1 is 1.13 bits per heavy atom. The Hall–Kier alpha value is -2.19. The fourth-order valence-corrected chi connectivity index (χ4v) is 4.15. The predicted octanol–water partition coefficient (Wildman–Crippen LogP) is 2.60. The van der Waals surface area contributed by atoms with Gasteiger partial charge >= 0.3 is 0 Å². The fourth-order valence-electron chi connectivity index (χ4n) is 3.69. The number of hydrogen-bond donors (Lipinski definition) is 1. The first-order valence-electron chi connectivity index (χ1n) is 10.6. The molecule has 1 N–H and O–H groups in total. The molecule has 30 heavy (non-hydrogen) atoms. The van der Waals surface area contributed by atoms with Crippen LogP contribution in [0.3, 0.4) is 0 Å². The molecule has 3 heterocycles. The third-order valence-electron chi connectivity index (χ3n) is 5.63. The van der Waals surface area contributed by atoms with Gasteiger partial charge in [-0.25, -0.2) is 15.0 Å². The molecule has 1 aliphatic rings. The zero-order valence-electron chi connectivity index (χ0n) is 18.4. The van der Waals surface area contributed by atoms with Crippen LogP contribution in [0.1, 0.15) is 35.9 Å². The van der Waals surface area contributed by atoms with Crippen molar-refractivity contribution in [1.29, 1.82) is 0 Å². The minimum absolute atomic E-state index is 0.0301. The number of aromatic nitrogens is 3. The van der Waals surface area contributed by atoms with Gasteiger partial charge in [-0.05, 0) is 50.3 Å². The lowest BCUT2D eigenvalue weighted by molar-refractivity contribution is -0.121. The van der Waals surface area contributed by atoms with Crippen LogP contribution < -0.4 is 10.2 Å². The minimum Gasteiger partial charge on any atom is -0.354 e. The van der Waals surface area contributed by atoms with Crippen molar-refractivity contribution in [2.45, 2.75) is 45.3 Å². The quantitative estimate of drug-likeness (QED) is 0.512. The molecule has 0 bridgehead atoms. The number of likely N-dealkylation sites (N-methyl/N-ethyl adjacent to an activating group) is 1. The van der Waals surface area contributed by atoms with Crippen LogP contribution in [0.25, 0.3) is 0 Å². The van der Waals surface area contributed by atoms with Crippen molar-refractivity contribution < 1.29 is 4.79 Å². The Labute approximate surface area is 183 Å². The second kappa shape index (κ2) is 10.7. The number of carbonyl (C=O) groups is 1. The highest BCUT2D eigenvalue weighted by Gasteiger charge is 2.16. The summed E-state index contributed by atoms with van der Waals surface area (Å²) in [5.74, 6) is 1.04. The second-order valence-corrected chi connectivity index (χ2v) is 8.36. The van der Waals surface area contributed by atoms with Crippen LogP contribution in [0.15, 0.2) is 23.5 Å². The second-order valence-electron chi connectivity index (χ2n) is 7.58. The number of nitrogens with one attached hydrogen (secondary N) is 1. The number of aryl methyl sites for hydroxylation is 2. The van der Waals surface area contributed by atoms with E-state index in [0.717, 1.165) is 66.2 Å². The minimum atomic E-state index is 0.0301. The topological polar surface area (TPSA) is 74.2 Å². The molecule has 1 fully saturated rings. The predicted molar refractivity (Wildman–Crippen MR) is 122 cm³/mol. The van der Waals surface area contributed by atoms with Gasteiger partial charge in [0.25, 0.3) is 0 Å². The molecule has 0 saturated carbocycles. The maximum atomic E-state index is 12.3. The van der Waals surface area contributed by atoms with Gasteiger partial charge < -0.3 is 15.1 Å². The maximum Gasteiger partial charge on any atom is 0.220 e. The monoisotopic (exact) mass is 428 g/mol. The molecule has 2 aromatic heterocycles. The molecule has 1 amide bonds. The lowest BCUT2D eigenvalue weighted by Crippen LogP contribution is -2.46. The van der Waals surface area contributed by atoms with Gasteiger partial charge in [0, 0.05) is 56.7 Å². The van der Waals surface area contributed by atoms with E-state index >= 15 is 0 Å². The first kappa shape index (κ1) is 22.5. The van der Waals surface area contributed by atoms with Crippen molar-refractivity contribution in [2.24, 2.45) is 0 Å². The van der Waals surface area contributed by atoms with E-state index in [0.29, 0.717) is 19.4 Å². The molecule has 1 aliphatic heterocycles. The van der Waals surface area contributed by atoms with Crippen molar-refractivity contribution in [3.05, 3.63) is 40.8 Å². The largest absolute Gasteiger partial charge is 0.354 e. The van der Waals surface area contributed by atoms with Crippen molar-refractivity contribution >= 4 is 23.5 Å². The summed E-state index contributed by atoms with van der Waals surface area (Å²) in [7, 11) is 0. The summed E-state index contributed by atoms with van der Waals surface area (Å²) in [5.41, 5.74) is 4.00. The lowest BCUT2D eigenvalue weighted by Gasteiger charge is -2.34. The van der Waals surface area contributed by atoms with E-state index in [1.807, 2.05) is 26.3 Å². The van der Waals surface area contributed by atoms with Crippen LogP contribution in [0.2, 0.25) is 0 Å². The molecule has 0 aromatic carbocycles. The lowest BCUT2D eigenvalue weighted by atomic mass is 10.1. The summed E-state index contributed by atoms with van der Waals surface area (Å²) in [6, 6.07) is 4.11. The van der Waals surface area contributed by atoms with E-state index in [1.165, 1.54) is 11.8 Å². The number of anilines is 1. The number of hydrogen-bond acceptors (Lipinski definition) is 7. The molecule has 0 atom stereocenters. The van der Waals surface area contributed by atoms with Crippen molar-refractivity contribution in [3.8, 4) is 0 Å². The Morgan fingerprint density at radius 3 is 2.40 bits per heavy atom. The van der Waals surface area contributed by atoms with Crippen molar-refractivity contribution in [2.75, 3.05) is 43.9 Å². The molecule has 0 radical (unpaired) electrons. The number of rotatable bonds is 8. The highest BCUT2D eigenvalue weighted by molar-refractivity contribution is 7.98. The molecule has 0 aliphatic carbocycles. The summed E-state index contributed by atoms with van der Waals surface area (Å²) in [4.78, 5) is 30.7. The van der Waals surface area contributed by atoms with E-state index in [9.17, 15) is 4.79 Å². The van der Waals surface area contributed by atoms with Gasteiger partial charge in [-0.1, -0.05) is 24.8 Å². The normalized spacial score (nSPS) is 14.7. The molecule has 0 unspecified atom stereocenters. The smallest absolute Gasteiger partial charge is 0.220 e. The van der Waals surface area contributed by atoms with E-state index in [-0.39, 0.29) is 5.91 Å². The van der Waals surface area contributed by atoms with Crippen LogP contribution in [0.4, 0.5) is 5.82 Å². The van der Waals surface area contributed by atoms with Crippen LogP contribution in [0, 0.1) is 13.8 Å². The number of amides is 1. The molecule has 7 nitrogen and oxygen atoms in total. The van der Waals surface area contributed by atoms with Gasteiger partial charge in [-0.2, -0.15) is 0 Å². The van der Waals surface area contributed by atoms with Crippen LogP contribution in [0.5, 0.6) is 0 Å². The highest BCUT2D eigenvalue weighted by Crippen LogP contribution is 2.17. The van der Waals surface area contributed by atoms with Crippen LogP contribution >= 0.6 is 11.8 Å². The van der Waals surface area contributed by atoms with Gasteiger partial charge in [-0.3, -0.25) is 4.79 Å². The number of piperazine rings is 1. The first-order chi connectivity index (χ1) is 14.5. The summed E-state index contributed by atoms with van der Waals surface area (Å²) < 4.78 is 0. The third kappa shape index (κ3) is 5.92. The number of nitrogens with zero attached hydrogens (tertiary/aromatic N) is 5. The molecule has 3 rings (SSSR count). The number of thioether (sulfide) groups is 1. The zero-order valence-corrected chi connectivity index (χ0v) is 19.3. The van der Waals surface area contributed by atoms with Gasteiger partial charge in [0.1, 0.15) is 5.82 Å². The first-order valence-corrected chi connectivity index (χ1v) is 11.8. The van der Waals surface area contributed by atoms with Crippen LogP contribution in [-0.2, 0) is 17.8 Å². The summed E-state index contributed by atoms with van der Waals surface area (Å²) in [5, 5.41) is 3.78. The molecule has 162 valence electrons. The summed E-state index contributed by atoms with van der Waals surface area (Å²) >= 11 is 1.53. The average Bonchev–Trinajstić information content (AvgIpc) is 2.77. The molecule has 2 aromatic rings. The molecule has 0 spiro atoms. The fraction of sp³-hybridized carbons (Fsp3) is 0.545. The average molecular weight is 429 g/mol. The molecular formula is C22H32N6OS. The van der Waals surface area contributed by atoms with E-state index < -0.39 is 0 Å². The van der Waals surface area contributed by atoms with E-state index in [4.69, 9.17) is 0 Å². The summed E-state index contributed by atoms with van der Waals surface area (Å²) in [6.07, 6.45) is 4.91. The van der Waals surface area contributed by atoms with E-state index in [1.54, 1.807) is 0 Å². The van der Waals surface area contributed by atoms with Gasteiger partial charge in [-0.15, -0.1) is 0 Å². The van der Waals surface area contributed by atoms with Crippen molar-refractivity contribution in [1.82, 2.24) is 25.2 Å². The van der Waals surface area contributed by atoms with Crippen molar-refractivity contribution in [3.63, 3.8) is 0 Å². The Bertz CT molecular complexity index is 826. The van der Waals surface area contributed by atoms with E-state index in [2.05, 4.69) is 49.1 Å². The SMILES string of the molecule is CCN1CCN(c2ccc(CNC(=O)CCc3c(C)nc(SC)nc3C)cn2)CC1. The Morgan fingerprint density at radius 2 is 1.83 bits per heavy atom. The van der Waals surface area contributed by atoms with Crippen LogP contribution in [-0.4, -0.2) is 64.7 Å². The zero-order chi connectivity index (χ0) is 21.5. The van der Waals surface area contributed by atoms with Gasteiger partial charge in [0.15, 0.2) is 5.16 Å². The molecular weight excluding hydrogens is 396 g/mol. The third-order valence-corrected chi connectivity index (χ3v) is 6.17.